The number of ether oxygens (including phenoxy) is 1. The highest BCUT2D eigenvalue weighted by atomic mass is 32.1. The molecule has 0 saturated heterocycles. The SMILES string of the molecule is COc1ccc2cc(-c3nc4sc5c(c4c(=O)n3N)CCCC5)ccc2c1. The molecule has 0 spiro atoms. The van der Waals surface area contributed by atoms with Gasteiger partial charge in [0.05, 0.1) is 12.5 Å². The first-order valence-electron chi connectivity index (χ1n) is 9.06. The largest absolute Gasteiger partial charge is 0.497 e. The van der Waals surface area contributed by atoms with Crippen molar-refractivity contribution in [1.29, 1.82) is 0 Å². The molecule has 2 aromatic carbocycles. The van der Waals surface area contributed by atoms with Crippen molar-refractivity contribution in [3.8, 4) is 17.1 Å². The molecular formula is C21H19N3O2S. The first-order chi connectivity index (χ1) is 13.2. The molecule has 0 saturated carbocycles. The number of methoxy groups -OCH3 is 1. The highest BCUT2D eigenvalue weighted by molar-refractivity contribution is 7.18. The molecule has 136 valence electrons. The maximum absolute atomic E-state index is 13.0. The van der Waals surface area contributed by atoms with Crippen molar-refractivity contribution >= 4 is 32.3 Å². The van der Waals surface area contributed by atoms with Crippen LogP contribution in [0.3, 0.4) is 0 Å². The molecule has 0 unspecified atom stereocenters. The van der Waals surface area contributed by atoms with Gasteiger partial charge < -0.3 is 10.6 Å². The second-order valence-corrected chi connectivity index (χ2v) is 8.01. The highest BCUT2D eigenvalue weighted by Crippen LogP contribution is 2.35. The number of nitrogens with two attached hydrogens (primary N) is 1. The van der Waals surface area contributed by atoms with E-state index in [9.17, 15) is 4.79 Å². The second kappa shape index (κ2) is 6.09. The highest BCUT2D eigenvalue weighted by Gasteiger charge is 2.22. The topological polar surface area (TPSA) is 70.1 Å². The monoisotopic (exact) mass is 377 g/mol. The van der Waals surface area contributed by atoms with E-state index in [2.05, 4.69) is 0 Å². The maximum atomic E-state index is 13.0. The van der Waals surface area contributed by atoms with Crippen LogP contribution >= 0.6 is 11.3 Å². The van der Waals surface area contributed by atoms with Gasteiger partial charge in [0, 0.05) is 10.4 Å². The molecule has 2 aromatic heterocycles. The third kappa shape index (κ3) is 2.51. The molecule has 0 atom stereocenters. The maximum Gasteiger partial charge on any atom is 0.281 e. The Kier molecular flexibility index (Phi) is 3.68. The van der Waals surface area contributed by atoms with Gasteiger partial charge in [0.1, 0.15) is 10.6 Å². The summed E-state index contributed by atoms with van der Waals surface area (Å²) < 4.78 is 6.49. The van der Waals surface area contributed by atoms with Gasteiger partial charge in [-0.05, 0) is 60.2 Å². The van der Waals surface area contributed by atoms with E-state index in [1.54, 1.807) is 18.4 Å². The molecule has 5 rings (SSSR count). The third-order valence-electron chi connectivity index (χ3n) is 5.33. The van der Waals surface area contributed by atoms with E-state index in [0.29, 0.717) is 11.2 Å². The molecule has 0 amide bonds. The van der Waals surface area contributed by atoms with E-state index in [4.69, 9.17) is 15.6 Å². The summed E-state index contributed by atoms with van der Waals surface area (Å²) in [6, 6.07) is 11.9. The van der Waals surface area contributed by atoms with Gasteiger partial charge in [0.2, 0.25) is 0 Å². The molecule has 0 radical (unpaired) electrons. The standard InChI is InChI=1S/C21H19N3O2S/c1-26-15-9-8-12-10-14(7-6-13(12)11-15)19-23-20-18(21(25)24(19)22)16-4-2-3-5-17(16)27-20/h6-11H,2-5,22H2,1H3. The normalized spacial score (nSPS) is 13.8. The third-order valence-corrected chi connectivity index (χ3v) is 6.51. The molecule has 0 bridgehead atoms. The average molecular weight is 377 g/mol. The number of aromatic nitrogens is 2. The summed E-state index contributed by atoms with van der Waals surface area (Å²) in [6.07, 6.45) is 4.29. The van der Waals surface area contributed by atoms with Crippen LogP contribution in [-0.2, 0) is 12.8 Å². The van der Waals surface area contributed by atoms with E-state index in [1.807, 2.05) is 36.4 Å². The van der Waals surface area contributed by atoms with E-state index in [0.717, 1.165) is 51.7 Å². The average Bonchev–Trinajstić information content (AvgIpc) is 3.08. The number of rotatable bonds is 2. The van der Waals surface area contributed by atoms with Crippen LogP contribution < -0.4 is 16.1 Å². The number of fused-ring (bicyclic) bond motifs is 4. The van der Waals surface area contributed by atoms with E-state index in [-0.39, 0.29) is 5.56 Å². The molecular weight excluding hydrogens is 358 g/mol. The van der Waals surface area contributed by atoms with Crippen LogP contribution in [0.4, 0.5) is 0 Å². The fourth-order valence-electron chi connectivity index (χ4n) is 3.91. The zero-order chi connectivity index (χ0) is 18.5. The number of nitrogens with zero attached hydrogens (tertiary/aromatic N) is 2. The van der Waals surface area contributed by atoms with Crippen LogP contribution in [-0.4, -0.2) is 16.8 Å². The van der Waals surface area contributed by atoms with Gasteiger partial charge in [-0.3, -0.25) is 4.79 Å². The summed E-state index contributed by atoms with van der Waals surface area (Å²) in [5.74, 6) is 7.51. The van der Waals surface area contributed by atoms with E-state index in [1.165, 1.54) is 16.0 Å². The molecule has 2 heterocycles. The summed E-state index contributed by atoms with van der Waals surface area (Å²) in [7, 11) is 1.66. The van der Waals surface area contributed by atoms with Crippen molar-refractivity contribution in [1.82, 2.24) is 9.66 Å². The summed E-state index contributed by atoms with van der Waals surface area (Å²) in [6.45, 7) is 0. The first kappa shape index (κ1) is 16.3. The molecule has 0 aliphatic heterocycles. The van der Waals surface area contributed by atoms with Crippen molar-refractivity contribution < 1.29 is 4.74 Å². The lowest BCUT2D eigenvalue weighted by Crippen LogP contribution is -2.30. The predicted molar refractivity (Wildman–Crippen MR) is 110 cm³/mol. The zero-order valence-electron chi connectivity index (χ0n) is 15.0. The summed E-state index contributed by atoms with van der Waals surface area (Å²) >= 11 is 1.64. The predicted octanol–water partition coefficient (Wildman–Crippen LogP) is 3.88. The number of benzene rings is 2. The Balaban J connectivity index is 1.72. The minimum absolute atomic E-state index is 0.149. The van der Waals surface area contributed by atoms with Crippen molar-refractivity contribution in [2.24, 2.45) is 0 Å². The van der Waals surface area contributed by atoms with Crippen LogP contribution in [0.2, 0.25) is 0 Å². The fraction of sp³-hybridized carbons (Fsp3) is 0.238. The van der Waals surface area contributed by atoms with Crippen LogP contribution in [0.25, 0.3) is 32.4 Å². The first-order valence-corrected chi connectivity index (χ1v) is 9.88. The van der Waals surface area contributed by atoms with Crippen LogP contribution in [0.15, 0.2) is 41.2 Å². The number of nitrogen functional groups attached to an aromatic ring is 1. The van der Waals surface area contributed by atoms with Crippen molar-refractivity contribution in [3.05, 3.63) is 57.2 Å². The fourth-order valence-corrected chi connectivity index (χ4v) is 5.16. The molecule has 0 fully saturated rings. The number of hydrogen-bond donors (Lipinski definition) is 1. The number of aryl methyl sites for hydroxylation is 2. The second-order valence-electron chi connectivity index (χ2n) is 6.93. The van der Waals surface area contributed by atoms with Gasteiger partial charge in [-0.1, -0.05) is 18.2 Å². The lowest BCUT2D eigenvalue weighted by atomic mass is 9.97. The molecule has 1 aliphatic rings. The Morgan fingerprint density at radius 1 is 1.11 bits per heavy atom. The summed E-state index contributed by atoms with van der Waals surface area (Å²) in [5.41, 5.74) is 1.85. The quantitative estimate of drug-likeness (QED) is 0.538. The van der Waals surface area contributed by atoms with Crippen LogP contribution in [0.5, 0.6) is 5.75 Å². The molecule has 4 aromatic rings. The Labute approximate surface area is 160 Å². The smallest absolute Gasteiger partial charge is 0.281 e. The van der Waals surface area contributed by atoms with Crippen LogP contribution in [0.1, 0.15) is 23.3 Å². The van der Waals surface area contributed by atoms with Crippen LogP contribution in [0, 0.1) is 0 Å². The van der Waals surface area contributed by atoms with Crippen molar-refractivity contribution in [2.45, 2.75) is 25.7 Å². The lowest BCUT2D eigenvalue weighted by Gasteiger charge is -2.11. The Bertz CT molecular complexity index is 1260. The Hall–Kier alpha value is -2.86. The van der Waals surface area contributed by atoms with Gasteiger partial charge in [0.25, 0.3) is 5.56 Å². The van der Waals surface area contributed by atoms with Crippen molar-refractivity contribution in [3.63, 3.8) is 0 Å². The Morgan fingerprint density at radius 2 is 1.89 bits per heavy atom. The Morgan fingerprint density at radius 3 is 2.74 bits per heavy atom. The van der Waals surface area contributed by atoms with E-state index < -0.39 is 0 Å². The van der Waals surface area contributed by atoms with Crippen molar-refractivity contribution in [2.75, 3.05) is 13.0 Å². The lowest BCUT2D eigenvalue weighted by molar-refractivity contribution is 0.415. The number of thiophene rings is 1. The summed E-state index contributed by atoms with van der Waals surface area (Å²) in [4.78, 5) is 19.9. The van der Waals surface area contributed by atoms with Gasteiger partial charge in [-0.2, -0.15) is 0 Å². The summed E-state index contributed by atoms with van der Waals surface area (Å²) in [5, 5.41) is 2.83. The zero-order valence-corrected chi connectivity index (χ0v) is 15.8. The van der Waals surface area contributed by atoms with Gasteiger partial charge in [0.15, 0.2) is 5.82 Å². The molecule has 6 heteroatoms. The molecule has 5 nitrogen and oxygen atoms in total. The minimum atomic E-state index is -0.149. The molecule has 27 heavy (non-hydrogen) atoms. The molecule has 2 N–H and O–H groups in total. The van der Waals surface area contributed by atoms with Gasteiger partial charge in [-0.25, -0.2) is 9.66 Å². The minimum Gasteiger partial charge on any atom is -0.497 e. The van der Waals surface area contributed by atoms with Gasteiger partial charge >= 0.3 is 0 Å². The van der Waals surface area contributed by atoms with Gasteiger partial charge in [-0.15, -0.1) is 11.3 Å². The van der Waals surface area contributed by atoms with E-state index >= 15 is 0 Å². The number of hydrogen-bond acceptors (Lipinski definition) is 5. The molecule has 1 aliphatic carbocycles.